The fourth-order valence-corrected chi connectivity index (χ4v) is 5.56. The summed E-state index contributed by atoms with van der Waals surface area (Å²) in [5.74, 6) is 3.48. The summed E-state index contributed by atoms with van der Waals surface area (Å²) in [6.07, 6.45) is 3.69. The van der Waals surface area contributed by atoms with Crippen molar-refractivity contribution >= 4 is 11.4 Å². The smallest absolute Gasteiger partial charge is 0.203 e. The first-order valence-corrected chi connectivity index (χ1v) is 14.0. The van der Waals surface area contributed by atoms with E-state index in [0.29, 0.717) is 34.5 Å². The number of pyridine rings is 2. The Labute approximate surface area is 252 Å². The van der Waals surface area contributed by atoms with E-state index in [1.54, 1.807) is 42.7 Å². The molecule has 2 aromatic heterocycles. The lowest BCUT2D eigenvalue weighted by Crippen LogP contribution is -2.52. The van der Waals surface area contributed by atoms with E-state index in [-0.39, 0.29) is 6.04 Å². The second-order valence-corrected chi connectivity index (χ2v) is 10.1. The molecule has 1 aliphatic rings. The molecule has 0 spiro atoms. The quantitative estimate of drug-likeness (QED) is 0.235. The van der Waals surface area contributed by atoms with Gasteiger partial charge in [-0.2, -0.15) is 0 Å². The van der Waals surface area contributed by atoms with Crippen LogP contribution >= 0.6 is 0 Å². The van der Waals surface area contributed by atoms with Crippen LogP contribution in [0.4, 0.5) is 11.4 Å². The molecule has 0 N–H and O–H groups in total. The molecule has 5 rings (SSSR count). The molecular weight excluding hydrogens is 548 g/mol. The van der Waals surface area contributed by atoms with Crippen LogP contribution in [-0.4, -0.2) is 78.3 Å². The van der Waals surface area contributed by atoms with Gasteiger partial charge in [-0.1, -0.05) is 0 Å². The molecular formula is C33H38N4O6. The molecule has 43 heavy (non-hydrogen) atoms. The van der Waals surface area contributed by atoms with Gasteiger partial charge >= 0.3 is 0 Å². The number of hydrogen-bond donors (Lipinski definition) is 0. The number of methoxy groups -OCH3 is 6. The molecule has 3 heterocycles. The van der Waals surface area contributed by atoms with Crippen molar-refractivity contribution in [2.24, 2.45) is 0 Å². The molecule has 10 nitrogen and oxygen atoms in total. The fraction of sp³-hybridized carbons (Fsp3) is 0.333. The van der Waals surface area contributed by atoms with E-state index in [9.17, 15) is 0 Å². The number of nitrogens with zero attached hydrogens (tertiary/aromatic N) is 4. The van der Waals surface area contributed by atoms with Gasteiger partial charge in [0.2, 0.25) is 11.5 Å². The van der Waals surface area contributed by atoms with E-state index in [4.69, 9.17) is 28.4 Å². The van der Waals surface area contributed by atoms with Crippen LogP contribution in [0.1, 0.15) is 6.92 Å². The van der Waals surface area contributed by atoms with Gasteiger partial charge in [0.25, 0.3) is 0 Å². The van der Waals surface area contributed by atoms with Gasteiger partial charge in [-0.15, -0.1) is 0 Å². The van der Waals surface area contributed by atoms with E-state index in [1.807, 2.05) is 36.7 Å². The lowest BCUT2D eigenvalue weighted by atomic mass is 10.1. The van der Waals surface area contributed by atoms with Crippen LogP contribution in [0.5, 0.6) is 34.5 Å². The number of hydrogen-bond acceptors (Lipinski definition) is 10. The first kappa shape index (κ1) is 29.6. The Morgan fingerprint density at radius 3 is 1.44 bits per heavy atom. The van der Waals surface area contributed by atoms with Gasteiger partial charge in [-0.25, -0.2) is 0 Å². The van der Waals surface area contributed by atoms with Gasteiger partial charge in [-0.05, 0) is 55.5 Å². The number of benzene rings is 2. The van der Waals surface area contributed by atoms with Crippen molar-refractivity contribution in [3.8, 4) is 57.0 Å². The molecule has 0 saturated carbocycles. The molecule has 1 unspecified atom stereocenters. The number of anilines is 2. The van der Waals surface area contributed by atoms with Crippen LogP contribution in [0.3, 0.4) is 0 Å². The first-order chi connectivity index (χ1) is 20.9. The third-order valence-corrected chi connectivity index (χ3v) is 7.73. The zero-order valence-corrected chi connectivity index (χ0v) is 25.7. The maximum absolute atomic E-state index is 5.56. The van der Waals surface area contributed by atoms with Gasteiger partial charge in [0.05, 0.1) is 54.0 Å². The number of aromatic nitrogens is 2. The van der Waals surface area contributed by atoms with E-state index in [1.165, 1.54) is 0 Å². The van der Waals surface area contributed by atoms with Crippen molar-refractivity contribution in [1.82, 2.24) is 9.97 Å². The summed E-state index contributed by atoms with van der Waals surface area (Å²) >= 11 is 0. The SMILES string of the molecule is COc1cc(-c2cc(N3CCN(c4ccnc(-c5cc(OC)c(OC)c(OC)c5)c4)C(C)C3)ccn2)cc(OC)c1OC. The summed E-state index contributed by atoms with van der Waals surface area (Å²) in [4.78, 5) is 14.1. The molecule has 1 aliphatic heterocycles. The van der Waals surface area contributed by atoms with E-state index < -0.39 is 0 Å². The van der Waals surface area contributed by atoms with Crippen molar-refractivity contribution in [2.75, 3.05) is 72.1 Å². The summed E-state index contributed by atoms with van der Waals surface area (Å²) in [6.45, 7) is 4.79. The van der Waals surface area contributed by atoms with Crippen molar-refractivity contribution < 1.29 is 28.4 Å². The molecule has 1 saturated heterocycles. The summed E-state index contributed by atoms with van der Waals surface area (Å²) in [5.41, 5.74) is 5.65. The molecule has 0 radical (unpaired) electrons. The number of piperazine rings is 1. The summed E-state index contributed by atoms with van der Waals surface area (Å²) < 4.78 is 33.2. The van der Waals surface area contributed by atoms with Crippen molar-refractivity contribution in [3.63, 3.8) is 0 Å². The van der Waals surface area contributed by atoms with Gasteiger partial charge in [-0.3, -0.25) is 9.97 Å². The van der Waals surface area contributed by atoms with E-state index in [0.717, 1.165) is 53.5 Å². The lowest BCUT2D eigenvalue weighted by Gasteiger charge is -2.42. The second kappa shape index (κ2) is 13.0. The molecule has 2 aromatic carbocycles. The molecule has 226 valence electrons. The van der Waals surface area contributed by atoms with Crippen LogP contribution in [-0.2, 0) is 0 Å². The predicted molar refractivity (Wildman–Crippen MR) is 168 cm³/mol. The topological polar surface area (TPSA) is 87.6 Å². The minimum atomic E-state index is 0.252. The molecule has 0 amide bonds. The lowest BCUT2D eigenvalue weighted by molar-refractivity contribution is 0.324. The third-order valence-electron chi connectivity index (χ3n) is 7.73. The van der Waals surface area contributed by atoms with Gasteiger partial charge in [0.15, 0.2) is 23.0 Å². The zero-order chi connectivity index (χ0) is 30.5. The van der Waals surface area contributed by atoms with Crippen molar-refractivity contribution in [1.29, 1.82) is 0 Å². The Bertz CT molecular complexity index is 1530. The molecule has 1 fully saturated rings. The Morgan fingerprint density at radius 2 is 1.02 bits per heavy atom. The maximum atomic E-state index is 5.56. The minimum Gasteiger partial charge on any atom is -0.493 e. The largest absolute Gasteiger partial charge is 0.493 e. The average molecular weight is 587 g/mol. The normalized spacial score (nSPS) is 14.7. The number of rotatable bonds is 10. The zero-order valence-electron chi connectivity index (χ0n) is 25.7. The highest BCUT2D eigenvalue weighted by atomic mass is 16.5. The Morgan fingerprint density at radius 1 is 0.581 bits per heavy atom. The molecule has 4 aromatic rings. The Hall–Kier alpha value is -4.86. The van der Waals surface area contributed by atoms with Gasteiger partial charge in [0, 0.05) is 60.6 Å². The molecule has 10 heteroatoms. The van der Waals surface area contributed by atoms with Crippen molar-refractivity contribution in [3.05, 3.63) is 60.9 Å². The van der Waals surface area contributed by atoms with E-state index in [2.05, 4.69) is 51.0 Å². The molecule has 0 bridgehead atoms. The summed E-state index contributed by atoms with van der Waals surface area (Å²) in [6, 6.07) is 16.3. The van der Waals surface area contributed by atoms with Crippen LogP contribution in [0.25, 0.3) is 22.5 Å². The maximum Gasteiger partial charge on any atom is 0.203 e. The van der Waals surface area contributed by atoms with Gasteiger partial charge < -0.3 is 38.2 Å². The van der Waals surface area contributed by atoms with Crippen LogP contribution < -0.4 is 38.2 Å². The van der Waals surface area contributed by atoms with Crippen molar-refractivity contribution in [2.45, 2.75) is 13.0 Å². The fourth-order valence-electron chi connectivity index (χ4n) is 5.56. The summed E-state index contributed by atoms with van der Waals surface area (Å²) in [7, 11) is 9.65. The highest BCUT2D eigenvalue weighted by Gasteiger charge is 2.25. The highest BCUT2D eigenvalue weighted by Crippen LogP contribution is 2.42. The Kier molecular flexibility index (Phi) is 8.94. The van der Waals surface area contributed by atoms with Crippen LogP contribution in [0, 0.1) is 0 Å². The molecule has 1 atom stereocenters. The number of ether oxygens (including phenoxy) is 6. The first-order valence-electron chi connectivity index (χ1n) is 14.0. The van der Waals surface area contributed by atoms with E-state index >= 15 is 0 Å². The monoisotopic (exact) mass is 586 g/mol. The summed E-state index contributed by atoms with van der Waals surface area (Å²) in [5, 5.41) is 0. The Balaban J connectivity index is 1.37. The minimum absolute atomic E-state index is 0.252. The predicted octanol–water partition coefficient (Wildman–Crippen LogP) is 5.58. The third kappa shape index (κ3) is 5.90. The van der Waals surface area contributed by atoms with Gasteiger partial charge in [0.1, 0.15) is 0 Å². The van der Waals surface area contributed by atoms with Crippen LogP contribution in [0.2, 0.25) is 0 Å². The van der Waals surface area contributed by atoms with Crippen LogP contribution in [0.15, 0.2) is 60.9 Å². The molecule has 0 aliphatic carbocycles. The highest BCUT2D eigenvalue weighted by molar-refractivity contribution is 5.73. The average Bonchev–Trinajstić information content (AvgIpc) is 3.06. The standard InChI is InChI=1S/C33H38N4O6/c1-21-20-36(24-8-10-34-26(18-24)22-14-28(38-2)32(42-6)29(15-22)39-3)12-13-37(21)25-9-11-35-27(19-25)23-16-30(40-4)33(43-7)31(17-23)41-5/h8-11,14-19,21H,12-13,20H2,1-7H3. The second-order valence-electron chi connectivity index (χ2n) is 10.1.